The summed E-state index contributed by atoms with van der Waals surface area (Å²) in [7, 11) is 0. The molecule has 0 atom stereocenters. The van der Waals surface area contributed by atoms with E-state index in [2.05, 4.69) is 5.32 Å². The number of nitrogens with zero attached hydrogens (tertiary/aromatic N) is 2. The Morgan fingerprint density at radius 2 is 1.84 bits per heavy atom. The van der Waals surface area contributed by atoms with Gasteiger partial charge in [0, 0.05) is 22.8 Å². The van der Waals surface area contributed by atoms with Crippen molar-refractivity contribution < 1.29 is 14.4 Å². The number of para-hydroxylation sites is 1. The normalized spacial score (nSPS) is 18.1. The standard InChI is InChI=1S/C23H20ClN3O3S2/c1-13(2)11-27-22(30)20(32-23(27)31)19-16-8-3-4-9-17(16)26(21(19)29)12-18(28)25-15-7-5-6-14(24)10-15/h3-10,13H,11-12H2,1-2H3,(H,25,28)/b20-19-. The highest BCUT2D eigenvalue weighted by atomic mass is 35.5. The van der Waals surface area contributed by atoms with Gasteiger partial charge in [-0.25, -0.2) is 0 Å². The van der Waals surface area contributed by atoms with Crippen LogP contribution < -0.4 is 10.2 Å². The van der Waals surface area contributed by atoms with Crippen molar-refractivity contribution in [1.82, 2.24) is 4.90 Å². The zero-order valence-electron chi connectivity index (χ0n) is 17.4. The van der Waals surface area contributed by atoms with Crippen molar-refractivity contribution in [3.05, 3.63) is 64.0 Å². The van der Waals surface area contributed by atoms with E-state index in [1.807, 2.05) is 13.8 Å². The highest BCUT2D eigenvalue weighted by molar-refractivity contribution is 8.26. The van der Waals surface area contributed by atoms with Crippen LogP contribution in [0.15, 0.2) is 53.4 Å². The van der Waals surface area contributed by atoms with Crippen molar-refractivity contribution >= 4 is 74.6 Å². The van der Waals surface area contributed by atoms with Crippen LogP contribution in [0.1, 0.15) is 19.4 Å². The molecule has 2 aliphatic heterocycles. The van der Waals surface area contributed by atoms with Crippen LogP contribution in [0.25, 0.3) is 5.57 Å². The Kier molecular flexibility index (Phi) is 6.37. The number of fused-ring (bicyclic) bond motifs is 1. The molecule has 0 saturated carbocycles. The van der Waals surface area contributed by atoms with Gasteiger partial charge in [-0.2, -0.15) is 0 Å². The maximum atomic E-state index is 13.4. The molecule has 164 valence electrons. The lowest BCUT2D eigenvalue weighted by Crippen LogP contribution is -2.36. The van der Waals surface area contributed by atoms with Crippen LogP contribution in [0, 0.1) is 5.92 Å². The van der Waals surface area contributed by atoms with Crippen molar-refractivity contribution in [3.63, 3.8) is 0 Å². The number of thiocarbonyl (C=S) groups is 1. The van der Waals surface area contributed by atoms with E-state index in [0.29, 0.717) is 43.3 Å². The zero-order valence-corrected chi connectivity index (χ0v) is 19.8. The van der Waals surface area contributed by atoms with E-state index in [0.717, 1.165) is 11.8 Å². The number of hydrogen-bond donors (Lipinski definition) is 1. The lowest BCUT2D eigenvalue weighted by molar-refractivity contribution is -0.122. The van der Waals surface area contributed by atoms with Crippen LogP contribution in [0.5, 0.6) is 0 Å². The van der Waals surface area contributed by atoms with Crippen molar-refractivity contribution in [1.29, 1.82) is 0 Å². The lowest BCUT2D eigenvalue weighted by Gasteiger charge is -2.17. The Balaban J connectivity index is 1.64. The summed E-state index contributed by atoms with van der Waals surface area (Å²) in [5.74, 6) is -0.793. The molecule has 32 heavy (non-hydrogen) atoms. The van der Waals surface area contributed by atoms with E-state index in [4.69, 9.17) is 23.8 Å². The fourth-order valence-electron chi connectivity index (χ4n) is 3.64. The van der Waals surface area contributed by atoms with Gasteiger partial charge in [0.2, 0.25) is 5.91 Å². The van der Waals surface area contributed by atoms with Crippen LogP contribution in [-0.2, 0) is 14.4 Å². The molecule has 1 fully saturated rings. The molecule has 0 bridgehead atoms. The molecular formula is C23H20ClN3O3S2. The van der Waals surface area contributed by atoms with Gasteiger partial charge in [-0.3, -0.25) is 24.2 Å². The molecule has 2 aromatic rings. The van der Waals surface area contributed by atoms with Gasteiger partial charge in [-0.15, -0.1) is 0 Å². The molecule has 2 heterocycles. The largest absolute Gasteiger partial charge is 0.324 e. The molecule has 0 unspecified atom stereocenters. The molecule has 0 radical (unpaired) electrons. The average Bonchev–Trinajstić information content (AvgIpc) is 3.15. The van der Waals surface area contributed by atoms with Crippen LogP contribution in [0.4, 0.5) is 11.4 Å². The second kappa shape index (κ2) is 9.05. The number of amides is 3. The van der Waals surface area contributed by atoms with Gasteiger partial charge >= 0.3 is 0 Å². The van der Waals surface area contributed by atoms with Crippen LogP contribution >= 0.6 is 35.6 Å². The molecule has 4 rings (SSSR count). The first-order chi connectivity index (χ1) is 15.3. The summed E-state index contributed by atoms with van der Waals surface area (Å²) >= 11 is 12.5. The fraction of sp³-hybridized carbons (Fsp3) is 0.217. The smallest absolute Gasteiger partial charge is 0.267 e. The second-order valence-corrected chi connectivity index (χ2v) is 9.93. The maximum absolute atomic E-state index is 13.4. The number of benzene rings is 2. The molecule has 2 aliphatic rings. The minimum absolute atomic E-state index is 0.196. The summed E-state index contributed by atoms with van der Waals surface area (Å²) in [5, 5.41) is 3.25. The second-order valence-electron chi connectivity index (χ2n) is 7.85. The van der Waals surface area contributed by atoms with Crippen LogP contribution in [0.2, 0.25) is 5.02 Å². The zero-order chi connectivity index (χ0) is 23.0. The predicted octanol–water partition coefficient (Wildman–Crippen LogP) is 4.55. The third-order valence-corrected chi connectivity index (χ3v) is 6.64. The number of carbonyl (C=O) groups excluding carboxylic acids is 3. The van der Waals surface area contributed by atoms with Gasteiger partial charge in [0.05, 0.1) is 16.2 Å². The average molecular weight is 486 g/mol. The molecule has 9 heteroatoms. The van der Waals surface area contributed by atoms with Crippen molar-refractivity contribution in [2.75, 3.05) is 23.3 Å². The molecule has 0 aliphatic carbocycles. The first-order valence-corrected chi connectivity index (χ1v) is 11.6. The van der Waals surface area contributed by atoms with Gasteiger partial charge < -0.3 is 5.32 Å². The number of hydrogen-bond acceptors (Lipinski definition) is 5. The third-order valence-electron chi connectivity index (χ3n) is 4.96. The Morgan fingerprint density at radius 1 is 1.09 bits per heavy atom. The van der Waals surface area contributed by atoms with Crippen molar-refractivity contribution in [3.8, 4) is 0 Å². The minimum atomic E-state index is -0.391. The predicted molar refractivity (Wildman–Crippen MR) is 133 cm³/mol. The quantitative estimate of drug-likeness (QED) is 0.497. The van der Waals surface area contributed by atoms with Crippen molar-refractivity contribution in [2.45, 2.75) is 13.8 Å². The number of nitrogens with one attached hydrogen (secondary N) is 1. The van der Waals surface area contributed by atoms with Gasteiger partial charge in [0.1, 0.15) is 10.9 Å². The number of anilines is 2. The summed E-state index contributed by atoms with van der Waals surface area (Å²) in [6.07, 6.45) is 0. The number of thioether (sulfide) groups is 1. The van der Waals surface area contributed by atoms with Gasteiger partial charge in [0.15, 0.2) is 0 Å². The molecule has 1 saturated heterocycles. The SMILES string of the molecule is CC(C)CN1C(=O)/C(=C2/C(=O)N(CC(=O)Nc3cccc(Cl)c3)c3ccccc32)SC1=S. The molecule has 2 aromatic carbocycles. The van der Waals surface area contributed by atoms with Crippen molar-refractivity contribution in [2.24, 2.45) is 5.92 Å². The Hall–Kier alpha value is -2.68. The highest BCUT2D eigenvalue weighted by Crippen LogP contribution is 2.44. The molecule has 0 aromatic heterocycles. The third kappa shape index (κ3) is 4.30. The highest BCUT2D eigenvalue weighted by Gasteiger charge is 2.42. The summed E-state index contributed by atoms with van der Waals surface area (Å²) in [6.45, 7) is 4.30. The molecule has 6 nitrogen and oxygen atoms in total. The molecule has 3 amide bonds. The van der Waals surface area contributed by atoms with E-state index in [9.17, 15) is 14.4 Å². The summed E-state index contributed by atoms with van der Waals surface area (Å²) in [5.41, 5.74) is 2.04. The lowest BCUT2D eigenvalue weighted by atomic mass is 10.1. The maximum Gasteiger partial charge on any atom is 0.267 e. The van der Waals surface area contributed by atoms with E-state index in [-0.39, 0.29) is 24.3 Å². The van der Waals surface area contributed by atoms with E-state index in [1.165, 1.54) is 9.80 Å². The van der Waals surface area contributed by atoms with E-state index in [1.54, 1.807) is 48.5 Å². The summed E-state index contributed by atoms with van der Waals surface area (Å²) < 4.78 is 0.439. The van der Waals surface area contributed by atoms with Gasteiger partial charge in [-0.05, 0) is 30.2 Å². The molecule has 1 N–H and O–H groups in total. The number of carbonyl (C=O) groups is 3. The van der Waals surface area contributed by atoms with E-state index < -0.39 is 5.91 Å². The van der Waals surface area contributed by atoms with Crippen LogP contribution in [0.3, 0.4) is 0 Å². The van der Waals surface area contributed by atoms with E-state index >= 15 is 0 Å². The number of halogens is 1. The Bertz CT molecular complexity index is 1180. The summed E-state index contributed by atoms with van der Waals surface area (Å²) in [4.78, 5) is 42.4. The number of rotatable bonds is 5. The topological polar surface area (TPSA) is 69.7 Å². The Morgan fingerprint density at radius 3 is 2.56 bits per heavy atom. The monoisotopic (exact) mass is 485 g/mol. The minimum Gasteiger partial charge on any atom is -0.324 e. The van der Waals surface area contributed by atoms with Gasteiger partial charge in [0.25, 0.3) is 11.8 Å². The molecular weight excluding hydrogens is 466 g/mol. The first kappa shape index (κ1) is 22.5. The Labute approximate surface area is 200 Å². The van der Waals surface area contributed by atoms with Crippen LogP contribution in [-0.4, -0.2) is 40.0 Å². The van der Waals surface area contributed by atoms with Gasteiger partial charge in [-0.1, -0.05) is 73.7 Å². The summed E-state index contributed by atoms with van der Waals surface area (Å²) in [6, 6.07) is 13.9. The first-order valence-electron chi connectivity index (χ1n) is 10.0. The fourth-order valence-corrected chi connectivity index (χ4v) is 5.18. The molecule has 0 spiro atoms.